The van der Waals surface area contributed by atoms with Gasteiger partial charge in [0.2, 0.25) is 5.95 Å². The van der Waals surface area contributed by atoms with E-state index in [-0.39, 0.29) is 5.82 Å². The summed E-state index contributed by atoms with van der Waals surface area (Å²) in [6, 6.07) is 7.90. The number of nitrogens with zero attached hydrogens (tertiary/aromatic N) is 3. The van der Waals surface area contributed by atoms with Crippen LogP contribution in [0.4, 0.5) is 21.2 Å². The number of nitrogens with one attached hydrogen (secondary N) is 2. The van der Waals surface area contributed by atoms with Crippen molar-refractivity contribution in [3.63, 3.8) is 0 Å². The highest BCUT2D eigenvalue weighted by molar-refractivity contribution is 7.19. The van der Waals surface area contributed by atoms with Crippen LogP contribution in [-0.4, -0.2) is 35.2 Å². The lowest BCUT2D eigenvalue weighted by atomic mass is 10.3. The normalized spacial score (nSPS) is 10.7. The van der Waals surface area contributed by atoms with Gasteiger partial charge in [-0.25, -0.2) is 19.3 Å². The van der Waals surface area contributed by atoms with Crippen molar-refractivity contribution in [1.82, 2.24) is 15.0 Å². The van der Waals surface area contributed by atoms with Crippen molar-refractivity contribution in [2.24, 2.45) is 0 Å². The Balaban J connectivity index is 1.78. The van der Waals surface area contributed by atoms with Crippen molar-refractivity contribution < 1.29 is 9.13 Å². The van der Waals surface area contributed by atoms with Crippen LogP contribution < -0.4 is 10.6 Å². The number of anilines is 3. The zero-order valence-electron chi connectivity index (χ0n) is 13.9. The van der Waals surface area contributed by atoms with E-state index in [1.807, 2.05) is 13.0 Å². The Bertz CT molecular complexity index is 837. The lowest BCUT2D eigenvalue weighted by molar-refractivity contribution is 0.211. The number of hydrogen-bond donors (Lipinski definition) is 2. The molecule has 0 aliphatic rings. The average molecular weight is 359 g/mol. The molecule has 2 aromatic heterocycles. The van der Waals surface area contributed by atoms with Gasteiger partial charge in [0, 0.05) is 25.5 Å². The molecule has 2 heterocycles. The molecule has 8 heteroatoms. The number of methoxy groups -OCH3 is 1. The predicted octanol–water partition coefficient (Wildman–Crippen LogP) is 3.85. The van der Waals surface area contributed by atoms with Gasteiger partial charge in [-0.1, -0.05) is 11.3 Å². The van der Waals surface area contributed by atoms with Crippen LogP contribution in [0.25, 0.3) is 10.6 Å². The number of thiazole rings is 1. The van der Waals surface area contributed by atoms with Crippen LogP contribution >= 0.6 is 11.3 Å². The second-order valence-electron chi connectivity index (χ2n) is 5.25. The summed E-state index contributed by atoms with van der Waals surface area (Å²) in [6.07, 6.45) is 1.69. The molecular formula is C17H18FN5OS. The van der Waals surface area contributed by atoms with Crippen LogP contribution in [0.5, 0.6) is 0 Å². The van der Waals surface area contributed by atoms with Crippen molar-refractivity contribution in [2.45, 2.75) is 6.92 Å². The largest absolute Gasteiger partial charge is 0.383 e. The third kappa shape index (κ3) is 4.49. The molecule has 0 saturated carbocycles. The molecule has 2 N–H and O–H groups in total. The highest BCUT2D eigenvalue weighted by Crippen LogP contribution is 2.31. The molecule has 25 heavy (non-hydrogen) atoms. The van der Waals surface area contributed by atoms with E-state index in [9.17, 15) is 4.39 Å². The third-order valence-electron chi connectivity index (χ3n) is 3.37. The minimum atomic E-state index is -0.283. The summed E-state index contributed by atoms with van der Waals surface area (Å²) >= 11 is 1.53. The smallest absolute Gasteiger partial charge is 0.227 e. The van der Waals surface area contributed by atoms with Crippen molar-refractivity contribution >= 4 is 28.1 Å². The number of rotatable bonds is 7. The van der Waals surface area contributed by atoms with Gasteiger partial charge in [-0.2, -0.15) is 0 Å². The Kier molecular flexibility index (Phi) is 5.52. The molecule has 130 valence electrons. The summed E-state index contributed by atoms with van der Waals surface area (Å²) in [7, 11) is 1.66. The molecule has 6 nitrogen and oxygen atoms in total. The molecule has 0 spiro atoms. The number of benzene rings is 1. The SMILES string of the molecule is COCCNc1nc(C)c(-c2ccnc(Nc3ccc(F)cc3)n2)s1. The summed E-state index contributed by atoms with van der Waals surface area (Å²) in [6.45, 7) is 3.26. The van der Waals surface area contributed by atoms with E-state index in [2.05, 4.69) is 25.6 Å². The second-order valence-corrected chi connectivity index (χ2v) is 6.25. The van der Waals surface area contributed by atoms with E-state index in [1.165, 1.54) is 23.5 Å². The number of ether oxygens (including phenoxy) is 1. The Hall–Kier alpha value is -2.58. The molecule has 3 aromatic rings. The minimum absolute atomic E-state index is 0.283. The summed E-state index contributed by atoms with van der Waals surface area (Å²) in [5.74, 6) is 0.166. The zero-order valence-corrected chi connectivity index (χ0v) is 14.7. The predicted molar refractivity (Wildman–Crippen MR) is 97.9 cm³/mol. The maximum atomic E-state index is 13.0. The molecule has 0 aliphatic carbocycles. The Morgan fingerprint density at radius 3 is 2.72 bits per heavy atom. The second kappa shape index (κ2) is 8.00. The Morgan fingerprint density at radius 2 is 1.96 bits per heavy atom. The molecule has 0 radical (unpaired) electrons. The first-order valence-electron chi connectivity index (χ1n) is 7.72. The molecule has 0 aliphatic heterocycles. The number of halogens is 1. The van der Waals surface area contributed by atoms with Gasteiger partial charge < -0.3 is 15.4 Å². The summed E-state index contributed by atoms with van der Waals surface area (Å²) in [4.78, 5) is 14.2. The van der Waals surface area contributed by atoms with E-state index in [0.717, 1.165) is 27.1 Å². The highest BCUT2D eigenvalue weighted by Gasteiger charge is 2.12. The van der Waals surface area contributed by atoms with E-state index >= 15 is 0 Å². The molecule has 0 bridgehead atoms. The number of aromatic nitrogens is 3. The first kappa shape index (κ1) is 17.2. The van der Waals surface area contributed by atoms with E-state index in [0.29, 0.717) is 19.1 Å². The van der Waals surface area contributed by atoms with Gasteiger partial charge in [-0.15, -0.1) is 0 Å². The maximum absolute atomic E-state index is 13.0. The van der Waals surface area contributed by atoms with Crippen molar-refractivity contribution in [2.75, 3.05) is 30.9 Å². The topological polar surface area (TPSA) is 72.0 Å². The fourth-order valence-electron chi connectivity index (χ4n) is 2.18. The molecular weight excluding hydrogens is 341 g/mol. The maximum Gasteiger partial charge on any atom is 0.227 e. The minimum Gasteiger partial charge on any atom is -0.383 e. The van der Waals surface area contributed by atoms with Crippen LogP contribution in [0.15, 0.2) is 36.5 Å². The Labute approximate surface area is 149 Å². The molecule has 0 amide bonds. The van der Waals surface area contributed by atoms with E-state index in [1.54, 1.807) is 25.4 Å². The van der Waals surface area contributed by atoms with Gasteiger partial charge in [0.05, 0.1) is 22.9 Å². The lowest BCUT2D eigenvalue weighted by Crippen LogP contribution is -2.06. The van der Waals surface area contributed by atoms with Crippen LogP contribution in [-0.2, 0) is 4.74 Å². The fraction of sp³-hybridized carbons (Fsp3) is 0.235. The van der Waals surface area contributed by atoms with Gasteiger partial charge in [0.1, 0.15) is 5.82 Å². The summed E-state index contributed by atoms with van der Waals surface area (Å²) in [5, 5.41) is 7.13. The summed E-state index contributed by atoms with van der Waals surface area (Å²) < 4.78 is 18.0. The van der Waals surface area contributed by atoms with Crippen molar-refractivity contribution in [1.29, 1.82) is 0 Å². The molecule has 0 atom stereocenters. The first-order valence-corrected chi connectivity index (χ1v) is 8.53. The van der Waals surface area contributed by atoms with Crippen LogP contribution in [0, 0.1) is 12.7 Å². The van der Waals surface area contributed by atoms with Gasteiger partial charge in [-0.05, 0) is 37.3 Å². The Morgan fingerprint density at radius 1 is 1.16 bits per heavy atom. The van der Waals surface area contributed by atoms with E-state index in [4.69, 9.17) is 4.74 Å². The van der Waals surface area contributed by atoms with Crippen LogP contribution in [0.1, 0.15) is 5.69 Å². The van der Waals surface area contributed by atoms with Crippen LogP contribution in [0.3, 0.4) is 0 Å². The van der Waals surface area contributed by atoms with Gasteiger partial charge in [-0.3, -0.25) is 0 Å². The fourth-order valence-corrected chi connectivity index (χ4v) is 3.14. The highest BCUT2D eigenvalue weighted by atomic mass is 32.1. The number of hydrogen-bond acceptors (Lipinski definition) is 7. The first-order chi connectivity index (χ1) is 12.2. The summed E-state index contributed by atoms with van der Waals surface area (Å²) in [5.41, 5.74) is 2.41. The van der Waals surface area contributed by atoms with Crippen molar-refractivity contribution in [3.05, 3.63) is 48.0 Å². The molecule has 3 rings (SSSR count). The standard InChI is InChI=1S/C17H18FN5OS/c1-11-15(25-17(21-11)20-9-10-24-2)14-7-8-19-16(23-14)22-13-5-3-12(18)4-6-13/h3-8H,9-10H2,1-2H3,(H,20,21)(H,19,22,23). The quantitative estimate of drug-likeness (QED) is 0.624. The van der Waals surface area contributed by atoms with Gasteiger partial charge >= 0.3 is 0 Å². The lowest BCUT2D eigenvalue weighted by Gasteiger charge is -2.06. The van der Waals surface area contributed by atoms with Gasteiger partial charge in [0.25, 0.3) is 0 Å². The van der Waals surface area contributed by atoms with Crippen LogP contribution in [0.2, 0.25) is 0 Å². The third-order valence-corrected chi connectivity index (χ3v) is 4.51. The van der Waals surface area contributed by atoms with Gasteiger partial charge in [0.15, 0.2) is 5.13 Å². The molecule has 0 fully saturated rings. The molecule has 0 unspecified atom stereocenters. The molecule has 0 saturated heterocycles. The van der Waals surface area contributed by atoms with E-state index < -0.39 is 0 Å². The monoisotopic (exact) mass is 359 g/mol. The average Bonchev–Trinajstić information content (AvgIpc) is 2.98. The molecule has 1 aromatic carbocycles. The zero-order chi connectivity index (χ0) is 17.6. The van der Waals surface area contributed by atoms with Crippen molar-refractivity contribution in [3.8, 4) is 10.6 Å². The number of aryl methyl sites for hydroxylation is 1.